The zero-order valence-corrected chi connectivity index (χ0v) is 17.3. The lowest BCUT2D eigenvalue weighted by molar-refractivity contribution is -0.155. The molecule has 2 aliphatic heterocycles. The molecule has 13 heteroatoms. The van der Waals surface area contributed by atoms with E-state index in [-0.39, 0.29) is 24.3 Å². The van der Waals surface area contributed by atoms with Crippen LogP contribution in [-0.2, 0) is 28.6 Å². The molecule has 3 rings (SSSR count). The number of rotatable bonds is 10. The van der Waals surface area contributed by atoms with E-state index in [0.29, 0.717) is 12.8 Å². The van der Waals surface area contributed by atoms with Crippen LogP contribution in [0.3, 0.4) is 0 Å². The van der Waals surface area contributed by atoms with Gasteiger partial charge in [0.2, 0.25) is 6.41 Å². The molecule has 13 nitrogen and oxygen atoms in total. The van der Waals surface area contributed by atoms with E-state index >= 15 is 0 Å². The van der Waals surface area contributed by atoms with E-state index in [1.54, 1.807) is 0 Å². The molecular formula is C18H26N4O9. The number of nitrogens with zero attached hydrogens (tertiary/aromatic N) is 2. The molecule has 1 aromatic rings. The maximum absolute atomic E-state index is 12.5. The van der Waals surface area contributed by atoms with E-state index in [1.165, 1.54) is 19.3 Å². The molecule has 5 atom stereocenters. The van der Waals surface area contributed by atoms with Crippen molar-refractivity contribution in [1.82, 2.24) is 14.9 Å². The molecular weight excluding hydrogens is 416 g/mol. The highest BCUT2D eigenvalue weighted by Crippen LogP contribution is 2.37. The normalized spacial score (nSPS) is 25.6. The quantitative estimate of drug-likeness (QED) is 0.250. The number of fused-ring (bicyclic) bond motifs is 1. The van der Waals surface area contributed by atoms with Crippen molar-refractivity contribution in [1.29, 1.82) is 0 Å². The summed E-state index contributed by atoms with van der Waals surface area (Å²) in [5, 5.41) is 11.7. The predicted octanol–water partition coefficient (Wildman–Crippen LogP) is -0.137. The monoisotopic (exact) mass is 442 g/mol. The number of carbonyl (C=O) groups is 2. The summed E-state index contributed by atoms with van der Waals surface area (Å²) in [6, 6.07) is 1.40. The summed E-state index contributed by atoms with van der Waals surface area (Å²) in [5.41, 5.74) is 1.60. The number of aliphatic hydroxyl groups is 1. The molecule has 172 valence electrons. The van der Waals surface area contributed by atoms with Crippen LogP contribution < -0.4 is 16.5 Å². The first-order valence-electron chi connectivity index (χ1n) is 9.93. The van der Waals surface area contributed by atoms with Crippen molar-refractivity contribution in [2.24, 2.45) is 5.92 Å². The summed E-state index contributed by atoms with van der Waals surface area (Å²) in [7, 11) is 1.47. The first kappa shape index (κ1) is 22.9. The molecule has 0 aliphatic carbocycles. The van der Waals surface area contributed by atoms with Gasteiger partial charge >= 0.3 is 17.8 Å². The largest absolute Gasteiger partial charge is 0.509 e. The molecule has 2 aliphatic rings. The third-order valence-electron chi connectivity index (χ3n) is 5.09. The molecule has 1 unspecified atom stereocenters. The fourth-order valence-electron chi connectivity index (χ4n) is 3.33. The Kier molecular flexibility index (Phi) is 7.43. The fourth-order valence-corrected chi connectivity index (χ4v) is 3.33. The first-order chi connectivity index (χ1) is 14.9. The van der Waals surface area contributed by atoms with Crippen LogP contribution in [0.25, 0.3) is 0 Å². The van der Waals surface area contributed by atoms with E-state index in [1.807, 2.05) is 13.8 Å². The van der Waals surface area contributed by atoms with Gasteiger partial charge in [-0.25, -0.2) is 19.9 Å². The topological polar surface area (TPSA) is 159 Å². The van der Waals surface area contributed by atoms with Gasteiger partial charge in [-0.2, -0.15) is 4.98 Å². The second kappa shape index (κ2) is 10.0. The second-order valence-electron chi connectivity index (χ2n) is 6.99. The van der Waals surface area contributed by atoms with E-state index in [9.17, 15) is 19.5 Å². The van der Waals surface area contributed by atoms with Gasteiger partial charge in [0.15, 0.2) is 24.3 Å². The summed E-state index contributed by atoms with van der Waals surface area (Å²) < 4.78 is 22.6. The molecule has 0 bridgehead atoms. The Morgan fingerprint density at radius 3 is 2.65 bits per heavy atom. The van der Waals surface area contributed by atoms with E-state index in [2.05, 4.69) is 15.8 Å². The number of nitrogens with one attached hydrogen (secondary N) is 2. The van der Waals surface area contributed by atoms with Crippen molar-refractivity contribution in [3.8, 4) is 0 Å². The van der Waals surface area contributed by atoms with Crippen molar-refractivity contribution < 1.29 is 38.5 Å². The molecule has 0 aromatic carbocycles. The fraction of sp³-hybridized carbons (Fsp3) is 0.667. The van der Waals surface area contributed by atoms with Crippen molar-refractivity contribution in [3.63, 3.8) is 0 Å². The third kappa shape index (κ3) is 5.12. The van der Waals surface area contributed by atoms with Gasteiger partial charge < -0.3 is 24.1 Å². The molecule has 31 heavy (non-hydrogen) atoms. The minimum atomic E-state index is -1.30. The van der Waals surface area contributed by atoms with Crippen LogP contribution in [0.1, 0.15) is 32.9 Å². The third-order valence-corrected chi connectivity index (χ3v) is 5.09. The molecule has 0 spiro atoms. The number of esters is 1. The van der Waals surface area contributed by atoms with E-state index < -0.39 is 42.8 Å². The molecule has 2 fully saturated rings. The van der Waals surface area contributed by atoms with Crippen LogP contribution >= 0.6 is 0 Å². The first-order valence-corrected chi connectivity index (χ1v) is 9.93. The number of hydrogen-bond acceptors (Lipinski definition) is 12. The highest BCUT2D eigenvalue weighted by Gasteiger charge is 2.55. The Labute approximate surface area is 177 Å². The summed E-state index contributed by atoms with van der Waals surface area (Å²) >= 11 is 0. The zero-order valence-electron chi connectivity index (χ0n) is 17.3. The standard InChI is InChI=1S/C18H26N4O9/c1-4-9(5-2)15(23)27-8-10-12-13(30-18(26)29-12)14(28-10)22-7-6-11(20-16(22)24)21-31-17(25)19-3/h6-7,9-10,12-14,17,19,25H,4-5,8H2,1-3H3,(H,20,21,24)/t10-,12-,13-,14-,17?/m1/s1. The predicted molar refractivity (Wildman–Crippen MR) is 102 cm³/mol. The summed E-state index contributed by atoms with van der Waals surface area (Å²) in [6.45, 7) is 3.63. The van der Waals surface area contributed by atoms with Gasteiger partial charge in [-0.15, -0.1) is 0 Å². The van der Waals surface area contributed by atoms with Crippen molar-refractivity contribution in [3.05, 3.63) is 22.7 Å². The van der Waals surface area contributed by atoms with Crippen molar-refractivity contribution >= 4 is 17.9 Å². The molecule has 0 amide bonds. The van der Waals surface area contributed by atoms with Crippen LogP contribution in [0.4, 0.5) is 10.6 Å². The smallest absolute Gasteiger partial charge is 0.463 e. The van der Waals surface area contributed by atoms with Gasteiger partial charge in [-0.1, -0.05) is 13.8 Å². The molecule has 3 heterocycles. The summed E-state index contributed by atoms with van der Waals surface area (Å²) in [6.07, 6.45) is -3.14. The Hall–Kier alpha value is -2.74. The average molecular weight is 442 g/mol. The zero-order chi connectivity index (χ0) is 22.5. The molecule has 2 saturated heterocycles. The van der Waals surface area contributed by atoms with Crippen LogP contribution in [0.15, 0.2) is 17.1 Å². The van der Waals surface area contributed by atoms with Crippen LogP contribution in [-0.4, -0.2) is 65.2 Å². The minimum absolute atomic E-state index is 0.0421. The second-order valence-corrected chi connectivity index (χ2v) is 6.99. The Balaban J connectivity index is 1.71. The van der Waals surface area contributed by atoms with E-state index in [4.69, 9.17) is 23.8 Å². The van der Waals surface area contributed by atoms with Crippen LogP contribution in [0.5, 0.6) is 0 Å². The number of hydrogen-bond donors (Lipinski definition) is 3. The number of anilines is 1. The molecule has 1 aromatic heterocycles. The molecule has 3 N–H and O–H groups in total. The van der Waals surface area contributed by atoms with Gasteiger partial charge in [0.1, 0.15) is 12.7 Å². The van der Waals surface area contributed by atoms with Gasteiger partial charge in [0.25, 0.3) is 0 Å². The number of aromatic nitrogens is 2. The van der Waals surface area contributed by atoms with Gasteiger partial charge in [0.05, 0.1) is 5.92 Å². The van der Waals surface area contributed by atoms with Crippen LogP contribution in [0.2, 0.25) is 0 Å². The SMILES string of the molecule is CCC(CC)C(=O)OC[C@H]1O[C@@H](n2ccc(NOC(O)NC)nc2=O)[C@@H]2OC(=O)O[C@@H]21. The minimum Gasteiger partial charge on any atom is -0.463 e. The number of aliphatic hydroxyl groups excluding tert-OH is 1. The maximum Gasteiger partial charge on any atom is 0.509 e. The Morgan fingerprint density at radius 1 is 1.29 bits per heavy atom. The van der Waals surface area contributed by atoms with E-state index in [0.717, 1.165) is 4.57 Å². The van der Waals surface area contributed by atoms with Gasteiger partial charge in [0, 0.05) is 6.20 Å². The molecule has 0 saturated carbocycles. The number of ether oxygens (including phenoxy) is 4. The average Bonchev–Trinajstić information content (AvgIpc) is 3.29. The number of carbonyl (C=O) groups excluding carboxylic acids is 2. The van der Waals surface area contributed by atoms with Crippen molar-refractivity contribution in [2.45, 2.75) is 57.6 Å². The Morgan fingerprint density at radius 2 is 2.00 bits per heavy atom. The Bertz CT molecular complexity index is 844. The highest BCUT2D eigenvalue weighted by atomic mass is 16.8. The van der Waals surface area contributed by atoms with Gasteiger partial charge in [-0.05, 0) is 26.0 Å². The van der Waals surface area contributed by atoms with Crippen LogP contribution in [0, 0.1) is 5.92 Å². The summed E-state index contributed by atoms with van der Waals surface area (Å²) in [4.78, 5) is 44.9. The lowest BCUT2D eigenvalue weighted by atomic mass is 10.0. The van der Waals surface area contributed by atoms with Crippen molar-refractivity contribution in [2.75, 3.05) is 19.1 Å². The lowest BCUT2D eigenvalue weighted by Gasteiger charge is -2.19. The molecule has 0 radical (unpaired) electrons. The van der Waals surface area contributed by atoms with Gasteiger partial charge in [-0.3, -0.25) is 14.7 Å². The lowest BCUT2D eigenvalue weighted by Crippen LogP contribution is -2.35. The summed E-state index contributed by atoms with van der Waals surface area (Å²) in [5.74, 6) is -0.553. The highest BCUT2D eigenvalue weighted by molar-refractivity contribution is 5.72. The maximum atomic E-state index is 12.5.